The second-order valence-electron chi connectivity index (χ2n) is 24.6. The van der Waals surface area contributed by atoms with Gasteiger partial charge in [0.1, 0.15) is 35.4 Å². The van der Waals surface area contributed by atoms with Crippen LogP contribution < -0.4 is 27.4 Å². The third-order valence-electron chi connectivity index (χ3n) is 13.1. The van der Waals surface area contributed by atoms with Crippen molar-refractivity contribution in [1.29, 1.82) is 0 Å². The first kappa shape index (κ1) is 67.7. The quantitative estimate of drug-likeness (QED) is 0.0818. The number of phenolic OH excluding ortho intramolecular Hbond substituents is 2. The summed E-state index contributed by atoms with van der Waals surface area (Å²) >= 11 is 11.0. The van der Waals surface area contributed by atoms with Gasteiger partial charge in [-0.2, -0.15) is 0 Å². The van der Waals surface area contributed by atoms with E-state index in [1.54, 1.807) is 111 Å². The zero-order valence-corrected chi connectivity index (χ0v) is 53.6. The normalized spacial score (nSPS) is 11.2. The van der Waals surface area contributed by atoms with E-state index in [0.717, 1.165) is 33.5 Å². The lowest BCUT2D eigenvalue weighted by Gasteiger charge is -2.18. The van der Waals surface area contributed by atoms with Crippen molar-refractivity contribution in [3.05, 3.63) is 210 Å². The molecule has 11 rings (SSSR count). The van der Waals surface area contributed by atoms with Crippen LogP contribution in [0.5, 0.6) is 23.0 Å². The van der Waals surface area contributed by atoms with Gasteiger partial charge in [0.2, 0.25) is 0 Å². The van der Waals surface area contributed by atoms with E-state index in [9.17, 15) is 19.5 Å². The van der Waals surface area contributed by atoms with E-state index in [0.29, 0.717) is 69.5 Å². The number of phenols is 2. The van der Waals surface area contributed by atoms with Crippen LogP contribution in [0.1, 0.15) is 62.3 Å². The lowest BCUT2D eigenvalue weighted by molar-refractivity contribution is 0.342. The Morgan fingerprint density at radius 3 is 1.30 bits per heavy atom. The number of ether oxygens (including phenoxy) is 1. The number of benzene rings is 3. The highest BCUT2D eigenvalue weighted by atomic mass is 35.5. The minimum Gasteiger partial charge on any atom is -0.508 e. The number of hydrogen-bond donors (Lipinski definition) is 4. The fourth-order valence-corrected chi connectivity index (χ4v) is 9.50. The first-order chi connectivity index (χ1) is 42.3. The van der Waals surface area contributed by atoms with E-state index >= 15 is 0 Å². The molecule has 0 aliphatic heterocycles. The second-order valence-corrected chi connectivity index (χ2v) is 25.4. The van der Waals surface area contributed by atoms with E-state index in [2.05, 4.69) is 91.9 Å². The van der Waals surface area contributed by atoms with Crippen LogP contribution in [0.2, 0.25) is 10.0 Å². The topological polar surface area (TPSA) is 244 Å². The van der Waals surface area contributed by atoms with Gasteiger partial charge in [-0.05, 0) is 107 Å². The van der Waals surface area contributed by atoms with Crippen LogP contribution >= 0.6 is 23.2 Å². The van der Waals surface area contributed by atoms with Crippen molar-refractivity contribution in [2.24, 2.45) is 37.4 Å². The first-order valence-corrected chi connectivity index (χ1v) is 29.0. The smallest absolute Gasteiger partial charge is 0.508 e. The first-order valence-electron chi connectivity index (χ1n) is 28.2. The van der Waals surface area contributed by atoms with Gasteiger partial charge in [-0.1, -0.05) is 129 Å². The van der Waals surface area contributed by atoms with Gasteiger partial charge < -0.3 is 34.7 Å². The molecular formula is C66H70BCl2N13O8. The molecular weight excluding hydrogens is 1180 g/mol. The molecule has 0 saturated heterocycles. The second kappa shape index (κ2) is 28.5. The summed E-state index contributed by atoms with van der Waals surface area (Å²) in [5.74, 6) is 2.19. The van der Waals surface area contributed by atoms with E-state index in [4.69, 9.17) is 61.2 Å². The predicted octanol–water partition coefficient (Wildman–Crippen LogP) is 12.1. The number of hydrogen-bond acceptors (Lipinski definition) is 13. The minimum atomic E-state index is -1.63. The number of imidazole rings is 3. The van der Waals surface area contributed by atoms with E-state index < -0.39 is 7.12 Å². The van der Waals surface area contributed by atoms with Crippen molar-refractivity contribution >= 4 is 81.0 Å². The summed E-state index contributed by atoms with van der Waals surface area (Å²) in [6.07, 6.45) is 3.06. The summed E-state index contributed by atoms with van der Waals surface area (Å²) in [7, 11) is 3.48. The zero-order chi connectivity index (χ0) is 66.0. The third kappa shape index (κ3) is 17.7. The molecule has 0 amide bonds. The number of rotatable bonds is 8. The highest BCUT2D eigenvalue weighted by Gasteiger charge is 2.23. The van der Waals surface area contributed by atoms with Crippen molar-refractivity contribution in [2.75, 3.05) is 0 Å². The predicted molar refractivity (Wildman–Crippen MR) is 355 cm³/mol. The summed E-state index contributed by atoms with van der Waals surface area (Å²) in [5.41, 5.74) is 7.08. The lowest BCUT2D eigenvalue weighted by Crippen LogP contribution is -2.32. The zero-order valence-electron chi connectivity index (χ0n) is 52.0. The summed E-state index contributed by atoms with van der Waals surface area (Å²) in [6.45, 7) is 34.3. The molecule has 90 heavy (non-hydrogen) atoms. The van der Waals surface area contributed by atoms with Gasteiger partial charge in [0.25, 0.3) is 11.6 Å². The maximum absolute atomic E-state index is 12.8. The van der Waals surface area contributed by atoms with Gasteiger partial charge >= 0.3 is 24.2 Å². The Kier molecular flexibility index (Phi) is 21.5. The molecule has 0 atom stereocenters. The highest BCUT2D eigenvalue weighted by molar-refractivity contribution is 6.57. The molecule has 0 spiro atoms. The highest BCUT2D eigenvalue weighted by Crippen LogP contribution is 2.30. The van der Waals surface area contributed by atoms with Crippen LogP contribution in [0.15, 0.2) is 160 Å². The molecule has 0 saturated carbocycles. The average Bonchev–Trinajstić information content (AvgIpc) is 1.64. The molecule has 8 aromatic heterocycles. The van der Waals surface area contributed by atoms with Crippen LogP contribution in [0.25, 0.3) is 65.7 Å². The van der Waals surface area contributed by atoms with E-state index in [1.165, 1.54) is 29.0 Å². The van der Waals surface area contributed by atoms with E-state index in [-0.39, 0.29) is 56.2 Å². The van der Waals surface area contributed by atoms with Gasteiger partial charge in [-0.15, -0.1) is 9.97 Å². The fraction of sp³-hybridized carbons (Fsp3) is 0.273. The van der Waals surface area contributed by atoms with Crippen molar-refractivity contribution in [3.8, 4) is 45.5 Å². The lowest BCUT2D eigenvalue weighted by atomic mass is 9.86. The van der Waals surface area contributed by atoms with Crippen molar-refractivity contribution in [1.82, 2.24) is 52.3 Å². The number of pyridine rings is 5. The van der Waals surface area contributed by atoms with Crippen LogP contribution in [0, 0.1) is 29.4 Å². The number of aromatic hydroxyl groups is 2. The molecule has 3 aromatic carbocycles. The third-order valence-corrected chi connectivity index (χ3v) is 13.6. The number of fused-ring (bicyclic) bond motifs is 3. The summed E-state index contributed by atoms with van der Waals surface area (Å²) in [5, 5.41) is 37.7. The van der Waals surface area contributed by atoms with Crippen molar-refractivity contribution in [2.45, 2.75) is 81.9 Å². The van der Waals surface area contributed by atoms with Gasteiger partial charge in [0.15, 0.2) is 16.9 Å². The van der Waals surface area contributed by atoms with Crippen molar-refractivity contribution < 1.29 is 25.0 Å². The van der Waals surface area contributed by atoms with Crippen LogP contribution in [-0.4, -0.2) is 79.7 Å². The number of halogens is 2. The Bertz CT molecular complexity index is 4630. The Morgan fingerprint density at radius 1 is 0.489 bits per heavy atom. The molecule has 8 heterocycles. The molecule has 4 N–H and O–H groups in total. The molecule has 0 radical (unpaired) electrons. The largest absolute Gasteiger partial charge is 0.508 e. The monoisotopic (exact) mass is 1250 g/mol. The molecule has 0 fully saturated rings. The molecule has 21 nitrogen and oxygen atoms in total. The SMILES string of the molecule is Cn1c(=O)n(CC(C)(C)C)c2ccc(-c3cccc(O)c3)nc21.Cn1c(=O)n(CC(C)(C)C)c2ccc(B(O)O)nc21.Oc1cccc(Cl)c1.[C-]#[N+]c1cc(Cl)ccn1.[C-]#[N+]c1cc(Oc2cccc(-c3ccc4c(n3)n(C)c(=O)n4CC(C)(C)C)c2)ccn1. The molecule has 24 heteroatoms. The summed E-state index contributed by atoms with van der Waals surface area (Å²) < 4.78 is 15.7. The van der Waals surface area contributed by atoms with Crippen LogP contribution in [-0.2, 0) is 40.8 Å². The number of aryl methyl sites for hydroxylation is 3. The molecule has 0 aliphatic carbocycles. The fourth-order valence-electron chi connectivity index (χ4n) is 9.16. The van der Waals surface area contributed by atoms with Gasteiger partial charge in [-0.25, -0.2) is 29.3 Å². The summed E-state index contributed by atoms with van der Waals surface area (Å²) in [6, 6.07) is 38.3. The molecule has 0 aliphatic rings. The van der Waals surface area contributed by atoms with Gasteiger partial charge in [0.05, 0.1) is 33.5 Å². The standard InChI is InChI=1S/C24H23N5O2.C18H21N3O2.C12H18BN3O3.C6H3ClN2.C6H5ClO/c1-24(2,3)15-29-20-10-9-19(27-22(20)28(5)23(29)30)16-7-6-8-17(13-16)31-18-11-12-26-21(14-18)25-4;1-18(2,3)11-21-15-9-8-14(12-6-5-7-13(22)10-12)19-16(15)20(4)17(21)23;1-12(2,3)7-16-8-5-6-9(13(18)19)14-10(8)15(4)11(16)17;1-8-6-4-5(7)2-3-9-6;7-5-2-1-3-6(8)4-5/h6-14H,15H2,1-3,5H3;5-10,22H,11H2,1-4H3;5-6,18-19H,7H2,1-4H3;2-4H;1-4,8H. The minimum absolute atomic E-state index is 0.00199. The molecule has 11 aromatic rings. The van der Waals surface area contributed by atoms with E-state index in [1.807, 2.05) is 54.6 Å². The number of nitrogens with zero attached hydrogens (tertiary/aromatic N) is 13. The molecule has 464 valence electrons. The maximum atomic E-state index is 12.8. The average molecular weight is 1260 g/mol. The molecule has 0 bridgehead atoms. The molecule has 0 unspecified atom stereocenters. The van der Waals surface area contributed by atoms with Crippen LogP contribution in [0.3, 0.4) is 0 Å². The Balaban J connectivity index is 0.000000173. The Hall–Kier alpha value is -9.84. The van der Waals surface area contributed by atoms with Gasteiger partial charge in [-0.3, -0.25) is 27.4 Å². The maximum Gasteiger partial charge on any atom is 0.508 e. The Morgan fingerprint density at radius 2 is 0.889 bits per heavy atom. The Labute approximate surface area is 530 Å². The summed E-state index contributed by atoms with van der Waals surface area (Å²) in [4.78, 5) is 65.1. The van der Waals surface area contributed by atoms with Gasteiger partial charge in [0, 0.05) is 74.1 Å². The number of aromatic nitrogens is 11. The van der Waals surface area contributed by atoms with Crippen molar-refractivity contribution in [3.63, 3.8) is 0 Å². The van der Waals surface area contributed by atoms with Crippen LogP contribution in [0.4, 0.5) is 11.6 Å².